The molecule has 24 heavy (non-hydrogen) atoms. The Kier molecular flexibility index (Phi) is 3.87. The highest BCUT2D eigenvalue weighted by Crippen LogP contribution is 2.25. The highest BCUT2D eigenvalue weighted by atomic mass is 32.2. The molecule has 120 valence electrons. The number of aromatic nitrogens is 4. The molecule has 4 aromatic rings. The van der Waals surface area contributed by atoms with Crippen molar-refractivity contribution in [3.63, 3.8) is 0 Å². The SMILES string of the molecule is O=c1cc(CSc2nnc(-c3ccc(F)cc3)o2)nc2sccn12. The van der Waals surface area contributed by atoms with Crippen LogP contribution in [0.15, 0.2) is 56.3 Å². The van der Waals surface area contributed by atoms with E-state index in [1.54, 1.807) is 18.3 Å². The number of benzene rings is 1. The molecule has 0 atom stereocenters. The van der Waals surface area contributed by atoms with Crippen molar-refractivity contribution in [2.45, 2.75) is 11.0 Å². The molecule has 9 heteroatoms. The second kappa shape index (κ2) is 6.17. The Bertz CT molecular complexity index is 1060. The van der Waals surface area contributed by atoms with Gasteiger partial charge in [0.1, 0.15) is 5.82 Å². The topological polar surface area (TPSA) is 73.3 Å². The van der Waals surface area contributed by atoms with Crippen molar-refractivity contribution in [3.8, 4) is 11.5 Å². The van der Waals surface area contributed by atoms with Gasteiger partial charge in [-0.05, 0) is 24.3 Å². The standard InChI is InChI=1S/C15H9FN4O2S2/c16-10-3-1-9(2-4-10)13-18-19-15(22-13)24-8-11-7-12(21)20-5-6-23-14(20)17-11/h1-7H,8H2. The van der Waals surface area contributed by atoms with Crippen LogP contribution in [-0.2, 0) is 5.75 Å². The lowest BCUT2D eigenvalue weighted by Gasteiger charge is -1.98. The van der Waals surface area contributed by atoms with Crippen molar-refractivity contribution in [2.75, 3.05) is 0 Å². The van der Waals surface area contributed by atoms with Crippen molar-refractivity contribution in [2.24, 2.45) is 0 Å². The van der Waals surface area contributed by atoms with Crippen molar-refractivity contribution in [1.29, 1.82) is 0 Å². The van der Waals surface area contributed by atoms with Gasteiger partial charge in [0.15, 0.2) is 4.96 Å². The summed E-state index contributed by atoms with van der Waals surface area (Å²) in [5.74, 6) is 0.433. The third-order valence-corrected chi connectivity index (χ3v) is 4.81. The lowest BCUT2D eigenvalue weighted by molar-refractivity contribution is 0.465. The van der Waals surface area contributed by atoms with E-state index >= 15 is 0 Å². The maximum Gasteiger partial charge on any atom is 0.277 e. The third kappa shape index (κ3) is 2.95. The summed E-state index contributed by atoms with van der Waals surface area (Å²) in [6.07, 6.45) is 1.69. The van der Waals surface area contributed by atoms with Gasteiger partial charge in [-0.2, -0.15) is 0 Å². The molecule has 0 saturated heterocycles. The van der Waals surface area contributed by atoms with Crippen LogP contribution < -0.4 is 5.56 Å². The first-order chi connectivity index (χ1) is 11.7. The lowest BCUT2D eigenvalue weighted by Crippen LogP contribution is -2.12. The summed E-state index contributed by atoms with van der Waals surface area (Å²) in [6, 6.07) is 7.30. The number of rotatable bonds is 4. The minimum Gasteiger partial charge on any atom is -0.411 e. The maximum absolute atomic E-state index is 12.9. The van der Waals surface area contributed by atoms with E-state index in [1.807, 2.05) is 5.38 Å². The summed E-state index contributed by atoms with van der Waals surface area (Å²) in [5, 5.41) is 10.1. The predicted octanol–water partition coefficient (Wildman–Crippen LogP) is 3.24. The Morgan fingerprint density at radius 3 is 2.92 bits per heavy atom. The molecule has 3 aromatic heterocycles. The monoisotopic (exact) mass is 360 g/mol. The molecule has 0 saturated carbocycles. The maximum atomic E-state index is 12.9. The molecule has 1 aromatic carbocycles. The first kappa shape index (κ1) is 15.0. The van der Waals surface area contributed by atoms with Crippen molar-refractivity contribution in [3.05, 3.63) is 63.8 Å². The van der Waals surface area contributed by atoms with Gasteiger partial charge in [-0.1, -0.05) is 11.8 Å². The highest BCUT2D eigenvalue weighted by molar-refractivity contribution is 7.98. The molecular weight excluding hydrogens is 351 g/mol. The van der Waals surface area contributed by atoms with Gasteiger partial charge in [-0.3, -0.25) is 9.20 Å². The summed E-state index contributed by atoms with van der Waals surface area (Å²) in [5.41, 5.74) is 1.18. The van der Waals surface area contributed by atoms with E-state index in [1.165, 1.54) is 45.7 Å². The Labute approximate surface area is 143 Å². The van der Waals surface area contributed by atoms with Crippen molar-refractivity contribution < 1.29 is 8.81 Å². The average molecular weight is 360 g/mol. The van der Waals surface area contributed by atoms with E-state index in [0.29, 0.717) is 33.1 Å². The van der Waals surface area contributed by atoms with Gasteiger partial charge in [0.25, 0.3) is 10.8 Å². The van der Waals surface area contributed by atoms with Gasteiger partial charge in [0.05, 0.1) is 5.69 Å². The minimum atomic E-state index is -0.325. The van der Waals surface area contributed by atoms with Gasteiger partial charge in [0, 0.05) is 29.0 Å². The Morgan fingerprint density at radius 1 is 1.25 bits per heavy atom. The third-order valence-electron chi connectivity index (χ3n) is 3.20. The largest absolute Gasteiger partial charge is 0.411 e. The zero-order chi connectivity index (χ0) is 16.5. The molecule has 0 spiro atoms. The van der Waals surface area contributed by atoms with Crippen LogP contribution in [0, 0.1) is 5.82 Å². The van der Waals surface area contributed by atoms with Crippen molar-refractivity contribution >= 4 is 28.1 Å². The minimum absolute atomic E-state index is 0.116. The Hall–Kier alpha value is -2.52. The summed E-state index contributed by atoms with van der Waals surface area (Å²) < 4.78 is 20.0. The molecule has 0 bridgehead atoms. The second-order valence-corrected chi connectivity index (χ2v) is 6.61. The van der Waals surface area contributed by atoms with Crippen LogP contribution in [0.1, 0.15) is 5.69 Å². The van der Waals surface area contributed by atoms with Gasteiger partial charge >= 0.3 is 0 Å². The van der Waals surface area contributed by atoms with Crippen LogP contribution in [0.4, 0.5) is 4.39 Å². The lowest BCUT2D eigenvalue weighted by atomic mass is 10.2. The fourth-order valence-electron chi connectivity index (χ4n) is 2.07. The van der Waals surface area contributed by atoms with Crippen LogP contribution in [0.3, 0.4) is 0 Å². The number of nitrogens with zero attached hydrogens (tertiary/aromatic N) is 4. The van der Waals surface area contributed by atoms with E-state index in [9.17, 15) is 9.18 Å². The number of hydrogen-bond acceptors (Lipinski definition) is 7. The van der Waals surface area contributed by atoms with Gasteiger partial charge < -0.3 is 4.42 Å². The van der Waals surface area contributed by atoms with E-state index in [2.05, 4.69) is 15.2 Å². The fraction of sp³-hybridized carbons (Fsp3) is 0.0667. The van der Waals surface area contributed by atoms with Crippen LogP contribution in [0.2, 0.25) is 0 Å². The van der Waals surface area contributed by atoms with E-state index in [-0.39, 0.29) is 11.4 Å². The molecule has 0 unspecified atom stereocenters. The number of hydrogen-bond donors (Lipinski definition) is 0. The number of fused-ring (bicyclic) bond motifs is 1. The molecule has 0 amide bonds. The molecule has 0 aliphatic carbocycles. The van der Waals surface area contributed by atoms with Gasteiger partial charge in [-0.15, -0.1) is 21.5 Å². The van der Waals surface area contributed by atoms with Crippen LogP contribution in [0.5, 0.6) is 0 Å². The van der Waals surface area contributed by atoms with E-state index in [0.717, 1.165) is 0 Å². The second-order valence-electron chi connectivity index (χ2n) is 4.81. The summed E-state index contributed by atoms with van der Waals surface area (Å²) >= 11 is 2.69. The molecule has 0 aliphatic rings. The summed E-state index contributed by atoms with van der Waals surface area (Å²) in [7, 11) is 0. The fourth-order valence-corrected chi connectivity index (χ4v) is 3.47. The number of thiazole rings is 1. The summed E-state index contributed by atoms with van der Waals surface area (Å²) in [6.45, 7) is 0. The highest BCUT2D eigenvalue weighted by Gasteiger charge is 2.11. The zero-order valence-electron chi connectivity index (χ0n) is 12.0. The molecule has 4 rings (SSSR count). The smallest absolute Gasteiger partial charge is 0.277 e. The van der Waals surface area contributed by atoms with Crippen LogP contribution in [-0.4, -0.2) is 19.6 Å². The Balaban J connectivity index is 1.51. The van der Waals surface area contributed by atoms with E-state index in [4.69, 9.17) is 4.42 Å². The number of halogens is 1. The van der Waals surface area contributed by atoms with E-state index < -0.39 is 0 Å². The Morgan fingerprint density at radius 2 is 2.08 bits per heavy atom. The zero-order valence-corrected chi connectivity index (χ0v) is 13.7. The molecule has 0 aliphatic heterocycles. The van der Waals surface area contributed by atoms with Crippen LogP contribution >= 0.6 is 23.1 Å². The molecule has 0 radical (unpaired) electrons. The molecule has 0 fully saturated rings. The normalized spacial score (nSPS) is 11.2. The average Bonchev–Trinajstić information content (AvgIpc) is 3.23. The quantitative estimate of drug-likeness (QED) is 0.520. The van der Waals surface area contributed by atoms with Crippen molar-refractivity contribution in [1.82, 2.24) is 19.6 Å². The van der Waals surface area contributed by atoms with Gasteiger partial charge in [0.2, 0.25) is 5.89 Å². The molecule has 6 nitrogen and oxygen atoms in total. The first-order valence-electron chi connectivity index (χ1n) is 6.87. The molecule has 0 N–H and O–H groups in total. The summed E-state index contributed by atoms with van der Waals surface area (Å²) in [4.78, 5) is 17.0. The van der Waals surface area contributed by atoms with Crippen LogP contribution in [0.25, 0.3) is 16.4 Å². The van der Waals surface area contributed by atoms with Gasteiger partial charge in [-0.25, -0.2) is 9.37 Å². The predicted molar refractivity (Wildman–Crippen MR) is 88.6 cm³/mol. The first-order valence-corrected chi connectivity index (χ1v) is 8.73. The number of thioether (sulfide) groups is 1. The molecular formula is C15H9FN4O2S2. The molecule has 3 heterocycles.